The van der Waals surface area contributed by atoms with Crippen LogP contribution in [0.1, 0.15) is 26.7 Å². The van der Waals surface area contributed by atoms with Gasteiger partial charge in [-0.2, -0.15) is 0 Å². The van der Waals surface area contributed by atoms with E-state index in [0.717, 1.165) is 6.42 Å². The maximum atomic E-state index is 12.0. The van der Waals surface area contributed by atoms with Crippen molar-refractivity contribution < 1.29 is 19.4 Å². The summed E-state index contributed by atoms with van der Waals surface area (Å²) in [6.07, 6.45) is 0.551. The Morgan fingerprint density at radius 3 is 2.72 bits per heavy atom. The Balaban J connectivity index is 1.81. The van der Waals surface area contributed by atoms with Gasteiger partial charge in [0.05, 0.1) is 19.1 Å². The van der Waals surface area contributed by atoms with Crippen molar-refractivity contribution in [1.29, 1.82) is 0 Å². The highest BCUT2D eigenvalue weighted by atomic mass is 16.5. The minimum absolute atomic E-state index is 0.0568. The van der Waals surface area contributed by atoms with Gasteiger partial charge >= 0.3 is 12.0 Å². The number of ether oxygens (including phenoxy) is 1. The molecule has 2 fully saturated rings. The topological polar surface area (TPSA) is 78.9 Å². The first-order chi connectivity index (χ1) is 8.38. The summed E-state index contributed by atoms with van der Waals surface area (Å²) in [4.78, 5) is 24.2. The average Bonchev–Trinajstić information content (AvgIpc) is 2.85. The number of carboxylic acids is 1. The molecule has 0 spiro atoms. The number of carboxylic acid groups (broad SMARTS) is 1. The maximum Gasteiger partial charge on any atom is 0.317 e. The highest BCUT2D eigenvalue weighted by molar-refractivity contribution is 5.75. The fraction of sp³-hybridized carbons (Fsp3) is 0.833. The van der Waals surface area contributed by atoms with Gasteiger partial charge in [0, 0.05) is 19.1 Å². The lowest BCUT2D eigenvalue weighted by atomic mass is 10.2. The monoisotopic (exact) mass is 256 g/mol. The van der Waals surface area contributed by atoms with E-state index >= 15 is 0 Å². The number of aliphatic carboxylic acids is 1. The summed E-state index contributed by atoms with van der Waals surface area (Å²) in [5.41, 5.74) is 0.197. The van der Waals surface area contributed by atoms with Gasteiger partial charge in [0.1, 0.15) is 0 Å². The van der Waals surface area contributed by atoms with Crippen LogP contribution in [0.5, 0.6) is 0 Å². The second-order valence-electron chi connectivity index (χ2n) is 5.73. The van der Waals surface area contributed by atoms with Crippen molar-refractivity contribution in [1.82, 2.24) is 10.2 Å². The molecule has 0 aromatic rings. The number of nitrogens with zero attached hydrogens (tertiary/aromatic N) is 1. The van der Waals surface area contributed by atoms with Gasteiger partial charge in [0.25, 0.3) is 0 Å². The van der Waals surface area contributed by atoms with E-state index < -0.39 is 12.1 Å². The first kappa shape index (κ1) is 13.1. The second kappa shape index (κ2) is 4.76. The summed E-state index contributed by atoms with van der Waals surface area (Å²) < 4.78 is 5.33. The molecule has 0 bridgehead atoms. The number of urea groups is 1. The lowest BCUT2D eigenvalue weighted by Gasteiger charge is -2.32. The number of nitrogens with one attached hydrogen (secondary N) is 1. The van der Waals surface area contributed by atoms with Gasteiger partial charge in [-0.25, -0.2) is 4.79 Å². The molecule has 2 amide bonds. The second-order valence-corrected chi connectivity index (χ2v) is 5.73. The molecule has 0 aromatic heterocycles. The number of rotatable bonds is 3. The molecular weight excluding hydrogens is 236 g/mol. The summed E-state index contributed by atoms with van der Waals surface area (Å²) in [5.74, 6) is -0.898. The van der Waals surface area contributed by atoms with Gasteiger partial charge in [-0.15, -0.1) is 0 Å². The SMILES string of the molecule is CC1(C)CC1NC(=O)N1CCOC(CC(=O)O)C1. The van der Waals surface area contributed by atoms with Crippen LogP contribution < -0.4 is 5.32 Å². The van der Waals surface area contributed by atoms with Gasteiger partial charge in [0.15, 0.2) is 0 Å². The van der Waals surface area contributed by atoms with Crippen molar-refractivity contribution in [3.63, 3.8) is 0 Å². The molecule has 0 aromatic carbocycles. The van der Waals surface area contributed by atoms with Crippen LogP contribution in [0.15, 0.2) is 0 Å². The van der Waals surface area contributed by atoms with Crippen molar-refractivity contribution in [2.24, 2.45) is 5.41 Å². The number of morpholine rings is 1. The van der Waals surface area contributed by atoms with Crippen molar-refractivity contribution in [2.75, 3.05) is 19.7 Å². The molecule has 1 saturated carbocycles. The summed E-state index contributed by atoms with van der Waals surface area (Å²) in [5, 5.41) is 11.7. The van der Waals surface area contributed by atoms with Crippen LogP contribution in [-0.2, 0) is 9.53 Å². The Kier molecular flexibility index (Phi) is 3.47. The van der Waals surface area contributed by atoms with Gasteiger partial charge in [0.2, 0.25) is 0 Å². The highest BCUT2D eigenvalue weighted by Gasteiger charge is 2.47. The molecule has 2 atom stereocenters. The van der Waals surface area contributed by atoms with Gasteiger partial charge in [-0.1, -0.05) is 13.8 Å². The van der Waals surface area contributed by atoms with E-state index in [2.05, 4.69) is 19.2 Å². The van der Waals surface area contributed by atoms with E-state index in [4.69, 9.17) is 9.84 Å². The average molecular weight is 256 g/mol. The predicted molar refractivity (Wildman–Crippen MR) is 64.3 cm³/mol. The third kappa shape index (κ3) is 3.13. The Morgan fingerprint density at radius 1 is 1.50 bits per heavy atom. The molecule has 1 saturated heterocycles. The molecule has 6 heteroatoms. The molecule has 1 aliphatic heterocycles. The fourth-order valence-corrected chi connectivity index (χ4v) is 2.18. The Bertz CT molecular complexity index is 356. The normalized spacial score (nSPS) is 29.8. The minimum atomic E-state index is -0.898. The maximum absolute atomic E-state index is 12.0. The highest BCUT2D eigenvalue weighted by Crippen LogP contribution is 2.44. The lowest BCUT2D eigenvalue weighted by Crippen LogP contribution is -2.50. The van der Waals surface area contributed by atoms with Crippen molar-refractivity contribution >= 4 is 12.0 Å². The minimum Gasteiger partial charge on any atom is -0.481 e. The molecule has 18 heavy (non-hydrogen) atoms. The summed E-state index contributed by atoms with van der Waals surface area (Å²) in [7, 11) is 0. The Labute approximate surface area is 106 Å². The van der Waals surface area contributed by atoms with Crippen LogP contribution in [0, 0.1) is 5.41 Å². The number of carbonyl (C=O) groups excluding carboxylic acids is 1. The third-order valence-corrected chi connectivity index (χ3v) is 3.64. The Hall–Kier alpha value is -1.30. The van der Waals surface area contributed by atoms with Crippen LogP contribution in [0.3, 0.4) is 0 Å². The Morgan fingerprint density at radius 2 is 2.17 bits per heavy atom. The van der Waals surface area contributed by atoms with E-state index in [1.165, 1.54) is 0 Å². The van der Waals surface area contributed by atoms with Gasteiger partial charge < -0.3 is 20.1 Å². The summed E-state index contributed by atoms with van der Waals surface area (Å²) in [6.45, 7) is 5.51. The standard InChI is InChI=1S/C12H20N2O4/c1-12(2)6-9(12)13-11(17)14-3-4-18-8(7-14)5-10(15)16/h8-9H,3-7H2,1-2H3,(H,13,17)(H,15,16). The number of carbonyl (C=O) groups is 2. The summed E-state index contributed by atoms with van der Waals surface area (Å²) in [6, 6.07) is 0.134. The van der Waals surface area contributed by atoms with Crippen molar-refractivity contribution in [3.05, 3.63) is 0 Å². The number of amides is 2. The van der Waals surface area contributed by atoms with Gasteiger partial charge in [-0.3, -0.25) is 4.79 Å². The molecule has 6 nitrogen and oxygen atoms in total. The molecule has 0 radical (unpaired) electrons. The number of hydrogen-bond donors (Lipinski definition) is 2. The van der Waals surface area contributed by atoms with E-state index in [-0.39, 0.29) is 23.9 Å². The van der Waals surface area contributed by atoms with Crippen LogP contribution in [0.4, 0.5) is 4.79 Å². The first-order valence-corrected chi connectivity index (χ1v) is 6.27. The van der Waals surface area contributed by atoms with Crippen LogP contribution in [0.25, 0.3) is 0 Å². The molecule has 2 aliphatic rings. The van der Waals surface area contributed by atoms with E-state index in [0.29, 0.717) is 19.7 Å². The molecule has 2 N–H and O–H groups in total. The zero-order chi connectivity index (χ0) is 13.3. The van der Waals surface area contributed by atoms with Crippen LogP contribution in [-0.4, -0.2) is 53.8 Å². The smallest absolute Gasteiger partial charge is 0.317 e. The molecule has 102 valence electrons. The third-order valence-electron chi connectivity index (χ3n) is 3.64. The van der Waals surface area contributed by atoms with Crippen LogP contribution in [0.2, 0.25) is 0 Å². The predicted octanol–water partition coefficient (Wildman–Crippen LogP) is 0.670. The van der Waals surface area contributed by atoms with Gasteiger partial charge in [-0.05, 0) is 11.8 Å². The van der Waals surface area contributed by atoms with E-state index in [9.17, 15) is 9.59 Å². The van der Waals surface area contributed by atoms with Crippen molar-refractivity contribution in [2.45, 2.75) is 38.8 Å². The molecular formula is C12H20N2O4. The van der Waals surface area contributed by atoms with Crippen LogP contribution >= 0.6 is 0 Å². The molecule has 1 aliphatic carbocycles. The molecule has 1 heterocycles. The van der Waals surface area contributed by atoms with Crippen molar-refractivity contribution in [3.8, 4) is 0 Å². The zero-order valence-electron chi connectivity index (χ0n) is 10.8. The zero-order valence-corrected chi connectivity index (χ0v) is 10.8. The lowest BCUT2D eigenvalue weighted by molar-refractivity contribution is -0.141. The molecule has 2 unspecified atom stereocenters. The fourth-order valence-electron chi connectivity index (χ4n) is 2.18. The molecule has 2 rings (SSSR count). The number of hydrogen-bond acceptors (Lipinski definition) is 3. The van der Waals surface area contributed by atoms with E-state index in [1.54, 1.807) is 4.90 Å². The largest absolute Gasteiger partial charge is 0.481 e. The quantitative estimate of drug-likeness (QED) is 0.778. The first-order valence-electron chi connectivity index (χ1n) is 6.27. The van der Waals surface area contributed by atoms with E-state index in [1.807, 2.05) is 0 Å². The summed E-state index contributed by atoms with van der Waals surface area (Å²) >= 11 is 0.